The molecule has 0 radical (unpaired) electrons. The van der Waals surface area contributed by atoms with E-state index in [2.05, 4.69) is 65.2 Å². The molecule has 4 amide bonds. The zero-order valence-corrected chi connectivity index (χ0v) is 43.5. The van der Waals surface area contributed by atoms with Gasteiger partial charge < -0.3 is 44.9 Å². The molecule has 2 fully saturated rings. The van der Waals surface area contributed by atoms with E-state index in [1.54, 1.807) is 14.1 Å². The van der Waals surface area contributed by atoms with Gasteiger partial charge in [-0.3, -0.25) is 24.1 Å². The molecule has 0 spiro atoms. The van der Waals surface area contributed by atoms with Crippen LogP contribution in [0.25, 0.3) is 22.8 Å². The summed E-state index contributed by atoms with van der Waals surface area (Å²) in [6.45, 7) is 25.6. The molecule has 2 aliphatic heterocycles. The third-order valence-electron chi connectivity index (χ3n) is 12.3. The van der Waals surface area contributed by atoms with Gasteiger partial charge in [0.1, 0.15) is 23.7 Å². The number of amides is 4. The number of likely N-dealkylation sites (N-methyl/N-ethyl adjacent to an activating group) is 2. The lowest BCUT2D eigenvalue weighted by Crippen LogP contribution is -2.53. The van der Waals surface area contributed by atoms with Gasteiger partial charge in [-0.25, -0.2) is 9.97 Å². The van der Waals surface area contributed by atoms with Crippen LogP contribution in [-0.4, -0.2) is 114 Å². The van der Waals surface area contributed by atoms with Crippen molar-refractivity contribution in [1.29, 1.82) is 0 Å². The standard InChI is InChI=1S/C23H31N5O2.C20H27N5O2.C8H18O2Si/c1-23(2,3)19(22(30)24-4)26-21(29)18-17-14-27(16-10-11-16)12-13-28(17)20(25-18)15-8-6-5-7-9-15;1-20(2,3)16(19(27)21-4)24-18(26)15-14-12-22-10-11-25(14)17(23-15)13-8-6-5-7-9-13;1-5-9-8(6-7-8)10-11(2,3)4/h5-9,16,19H,10-14H2,1-4H3,(H,24,30)(H,26,29);5-9,16,22H,10-12H2,1-4H3,(H,21,27)(H,24,26);5-7H2,1-4H3/t19-;16-;/m11./s1. The Morgan fingerprint density at radius 1 is 0.735 bits per heavy atom. The number of nitrogens with zero attached hydrogens (tertiary/aromatic N) is 5. The Morgan fingerprint density at radius 2 is 1.21 bits per heavy atom. The number of hydrogen-bond donors (Lipinski definition) is 5. The quantitative estimate of drug-likeness (QED) is 0.0750. The zero-order chi connectivity index (χ0) is 49.6. The molecular formula is C51H76N10O6Si. The molecule has 2 atom stereocenters. The fourth-order valence-corrected chi connectivity index (χ4v) is 10.0. The van der Waals surface area contributed by atoms with Crippen LogP contribution in [0.4, 0.5) is 0 Å². The van der Waals surface area contributed by atoms with Gasteiger partial charge in [-0.2, -0.15) is 0 Å². The van der Waals surface area contributed by atoms with Gasteiger partial charge in [-0.15, -0.1) is 0 Å². The van der Waals surface area contributed by atoms with Crippen molar-refractivity contribution in [3.8, 4) is 22.8 Å². The third kappa shape index (κ3) is 13.1. The fraction of sp³-hybridized carbons (Fsp3) is 0.569. The Bertz CT molecular complexity index is 2370. The average Bonchev–Trinajstić information content (AvgIpc) is 4.22. The molecule has 2 aromatic carbocycles. The minimum atomic E-state index is -1.39. The van der Waals surface area contributed by atoms with Gasteiger partial charge in [0, 0.05) is 90.0 Å². The lowest BCUT2D eigenvalue weighted by Gasteiger charge is -2.31. The minimum absolute atomic E-state index is 0.154. The lowest BCUT2D eigenvalue weighted by atomic mass is 9.86. The number of nitrogens with one attached hydrogen (secondary N) is 5. The van der Waals surface area contributed by atoms with E-state index in [9.17, 15) is 19.2 Å². The molecule has 4 aromatic rings. The van der Waals surface area contributed by atoms with Crippen LogP contribution >= 0.6 is 0 Å². The molecule has 370 valence electrons. The molecule has 4 heterocycles. The van der Waals surface area contributed by atoms with Crippen LogP contribution in [0.5, 0.6) is 0 Å². The van der Waals surface area contributed by atoms with Gasteiger partial charge in [0.15, 0.2) is 25.5 Å². The SMILES string of the molecule is CCOC1(O[Si](C)(C)C)CC1.CNC(=O)[C@@H](NC(=O)c1nc(-c2ccccc2)n2c1CN(C1CC1)CC2)C(C)(C)C.CNC(=O)[C@@H](NC(=O)c1nc(-c2ccccc2)n2c1CNCC2)C(C)(C)C. The Kier molecular flexibility index (Phi) is 16.6. The smallest absolute Gasteiger partial charge is 0.272 e. The Labute approximate surface area is 404 Å². The summed E-state index contributed by atoms with van der Waals surface area (Å²) in [5.74, 6) is 0.412. The first-order chi connectivity index (χ1) is 32.1. The van der Waals surface area contributed by atoms with E-state index in [-0.39, 0.29) is 29.4 Å². The fourth-order valence-electron chi connectivity index (χ4n) is 8.66. The number of ether oxygens (including phenoxy) is 1. The maximum atomic E-state index is 13.3. The number of fused-ring (bicyclic) bond motifs is 2. The Morgan fingerprint density at radius 3 is 1.62 bits per heavy atom. The summed E-state index contributed by atoms with van der Waals surface area (Å²) in [5.41, 5.74) is 3.72. The lowest BCUT2D eigenvalue weighted by molar-refractivity contribution is -0.125. The average molecular weight is 953 g/mol. The molecule has 2 aliphatic carbocycles. The van der Waals surface area contributed by atoms with Crippen LogP contribution in [0, 0.1) is 10.8 Å². The molecule has 0 saturated heterocycles. The highest BCUT2D eigenvalue weighted by Crippen LogP contribution is 2.43. The molecule has 16 nitrogen and oxygen atoms in total. The van der Waals surface area contributed by atoms with E-state index in [0.29, 0.717) is 30.5 Å². The summed E-state index contributed by atoms with van der Waals surface area (Å²) in [5, 5.41) is 14.4. The van der Waals surface area contributed by atoms with E-state index < -0.39 is 31.2 Å². The number of hydrogen-bond acceptors (Lipinski definition) is 10. The minimum Gasteiger partial charge on any atom is -0.391 e. The molecule has 5 N–H and O–H groups in total. The predicted octanol–water partition coefficient (Wildman–Crippen LogP) is 6.33. The largest absolute Gasteiger partial charge is 0.391 e. The molecule has 4 aliphatic rings. The summed E-state index contributed by atoms with van der Waals surface area (Å²) in [6, 6.07) is 19.2. The molecular weight excluding hydrogens is 877 g/mol. The van der Waals surface area contributed by atoms with Crippen molar-refractivity contribution in [3.05, 3.63) is 83.4 Å². The van der Waals surface area contributed by atoms with E-state index >= 15 is 0 Å². The van der Waals surface area contributed by atoms with Crippen LogP contribution in [-0.2, 0) is 44.9 Å². The topological polar surface area (TPSA) is 186 Å². The van der Waals surface area contributed by atoms with Crippen molar-refractivity contribution in [1.82, 2.24) is 50.6 Å². The molecule has 2 saturated carbocycles. The first-order valence-electron chi connectivity index (χ1n) is 24.2. The molecule has 0 bridgehead atoms. The predicted molar refractivity (Wildman–Crippen MR) is 268 cm³/mol. The first kappa shape index (κ1) is 52.2. The number of carbonyl (C=O) groups is 4. The van der Waals surface area contributed by atoms with Crippen LogP contribution in [0.15, 0.2) is 60.7 Å². The van der Waals surface area contributed by atoms with Crippen LogP contribution in [0.3, 0.4) is 0 Å². The van der Waals surface area contributed by atoms with Crippen molar-refractivity contribution in [2.75, 3.05) is 33.8 Å². The zero-order valence-electron chi connectivity index (χ0n) is 42.5. The summed E-state index contributed by atoms with van der Waals surface area (Å²) in [7, 11) is 1.77. The maximum Gasteiger partial charge on any atom is 0.272 e. The molecule has 68 heavy (non-hydrogen) atoms. The molecule has 0 unspecified atom stereocenters. The number of aromatic nitrogens is 4. The van der Waals surface area contributed by atoms with E-state index in [4.69, 9.17) is 14.1 Å². The van der Waals surface area contributed by atoms with Gasteiger partial charge in [-0.1, -0.05) is 102 Å². The number of carbonyl (C=O) groups excluding carboxylic acids is 4. The van der Waals surface area contributed by atoms with Crippen LogP contribution < -0.4 is 26.6 Å². The Hall–Kier alpha value is -5.20. The number of imidazole rings is 2. The number of rotatable bonds is 13. The van der Waals surface area contributed by atoms with Crippen LogP contribution in [0.1, 0.15) is 107 Å². The van der Waals surface area contributed by atoms with Crippen molar-refractivity contribution < 1.29 is 28.3 Å². The van der Waals surface area contributed by atoms with E-state index in [1.165, 1.54) is 12.8 Å². The highest BCUT2D eigenvalue weighted by Gasteiger charge is 2.48. The van der Waals surface area contributed by atoms with Crippen molar-refractivity contribution in [2.45, 2.75) is 144 Å². The second-order valence-electron chi connectivity index (χ2n) is 21.2. The van der Waals surface area contributed by atoms with Crippen molar-refractivity contribution >= 4 is 31.9 Å². The van der Waals surface area contributed by atoms with Crippen molar-refractivity contribution in [3.63, 3.8) is 0 Å². The molecule has 2 aromatic heterocycles. The summed E-state index contributed by atoms with van der Waals surface area (Å²) >= 11 is 0. The van der Waals surface area contributed by atoms with Gasteiger partial charge >= 0.3 is 0 Å². The maximum absolute atomic E-state index is 13.3. The molecule has 17 heteroatoms. The molecule has 8 rings (SSSR count). The summed E-state index contributed by atoms with van der Waals surface area (Å²) in [6.07, 6.45) is 4.63. The normalized spacial score (nSPS) is 17.4. The van der Waals surface area contributed by atoms with E-state index in [1.807, 2.05) is 109 Å². The van der Waals surface area contributed by atoms with E-state index in [0.717, 1.165) is 79.8 Å². The third-order valence-corrected chi connectivity index (χ3v) is 13.3. The first-order valence-corrected chi connectivity index (χ1v) is 27.6. The van der Waals surface area contributed by atoms with Gasteiger partial charge in [-0.05, 0) is 50.2 Å². The van der Waals surface area contributed by atoms with Gasteiger partial charge in [0.05, 0.1) is 11.4 Å². The second-order valence-corrected chi connectivity index (χ2v) is 25.6. The van der Waals surface area contributed by atoms with Crippen LogP contribution in [0.2, 0.25) is 19.6 Å². The highest BCUT2D eigenvalue weighted by atomic mass is 28.4. The van der Waals surface area contributed by atoms with Crippen molar-refractivity contribution in [2.24, 2.45) is 10.8 Å². The second kappa shape index (κ2) is 21.6. The highest BCUT2D eigenvalue weighted by molar-refractivity contribution is 6.69. The Balaban J connectivity index is 0.000000184. The van der Waals surface area contributed by atoms with Gasteiger partial charge in [0.2, 0.25) is 11.8 Å². The monoisotopic (exact) mass is 953 g/mol. The summed E-state index contributed by atoms with van der Waals surface area (Å²) < 4.78 is 15.7. The number of benzene rings is 2. The summed E-state index contributed by atoms with van der Waals surface area (Å²) in [4.78, 5) is 63.0. The van der Waals surface area contributed by atoms with Gasteiger partial charge in [0.25, 0.3) is 11.8 Å².